The van der Waals surface area contributed by atoms with E-state index in [4.69, 9.17) is 4.74 Å². The fourth-order valence-corrected chi connectivity index (χ4v) is 2.91. The molecule has 116 valence electrons. The fourth-order valence-electron chi connectivity index (χ4n) is 2.91. The minimum Gasteiger partial charge on any atom is -0.465 e. The lowest BCUT2D eigenvalue weighted by atomic mass is 10.0. The number of hydrogen-bond acceptors (Lipinski definition) is 4. The van der Waals surface area contributed by atoms with E-state index in [1.165, 1.54) is 11.3 Å². The molecule has 1 aliphatic heterocycles. The summed E-state index contributed by atoms with van der Waals surface area (Å²) in [6.45, 7) is 4.34. The number of nitrogens with one attached hydrogen (secondary N) is 1. The Kier molecular flexibility index (Phi) is 4.53. The Morgan fingerprint density at radius 2 is 2.05 bits per heavy atom. The summed E-state index contributed by atoms with van der Waals surface area (Å²) in [6.07, 6.45) is 1.78. The summed E-state index contributed by atoms with van der Waals surface area (Å²) in [4.78, 5) is 13.8. The summed E-state index contributed by atoms with van der Waals surface area (Å²) in [6, 6.07) is 10.2. The second kappa shape index (κ2) is 6.75. The van der Waals surface area contributed by atoms with Crippen LogP contribution in [0.3, 0.4) is 0 Å². The van der Waals surface area contributed by atoms with Crippen molar-refractivity contribution in [3.05, 3.63) is 41.6 Å². The molecule has 22 heavy (non-hydrogen) atoms. The maximum absolute atomic E-state index is 11.6. The number of carbonyl (C=O) groups is 1. The third-order valence-corrected chi connectivity index (χ3v) is 4.01. The topological polar surface area (TPSA) is 58.2 Å². The summed E-state index contributed by atoms with van der Waals surface area (Å²) < 4.78 is 5.04. The van der Waals surface area contributed by atoms with Crippen molar-refractivity contribution >= 4 is 5.97 Å². The number of benzene rings is 1. The molecule has 1 N–H and O–H groups in total. The third-order valence-electron chi connectivity index (χ3n) is 4.01. The first kappa shape index (κ1) is 14.8. The second-order valence-electron chi connectivity index (χ2n) is 5.48. The van der Waals surface area contributed by atoms with Gasteiger partial charge in [0.05, 0.1) is 18.8 Å². The zero-order chi connectivity index (χ0) is 15.4. The first-order chi connectivity index (χ1) is 10.8. The van der Waals surface area contributed by atoms with Crippen LogP contribution in [0.2, 0.25) is 0 Å². The summed E-state index contributed by atoms with van der Waals surface area (Å²) in [5, 5.41) is 7.66. The van der Waals surface area contributed by atoms with Crippen LogP contribution in [0.5, 0.6) is 0 Å². The third kappa shape index (κ3) is 3.20. The summed E-state index contributed by atoms with van der Waals surface area (Å²) in [5.41, 5.74) is 4.63. The van der Waals surface area contributed by atoms with Crippen LogP contribution in [-0.2, 0) is 22.4 Å². The van der Waals surface area contributed by atoms with E-state index >= 15 is 0 Å². The van der Waals surface area contributed by atoms with E-state index in [2.05, 4.69) is 27.2 Å². The molecule has 1 aliphatic rings. The predicted octanol–water partition coefficient (Wildman–Crippen LogP) is 2.04. The molecule has 2 heterocycles. The standard InChI is InChI=1S/C17H21N3O2/c1-2-22-16(21)12-20-10-8-14-15(9-11-20)18-19-17(14)13-6-4-3-5-7-13/h3-7H,2,8-12H2,1H3,(H,18,19). The quantitative estimate of drug-likeness (QED) is 0.878. The molecule has 5 heteroatoms. The van der Waals surface area contributed by atoms with Crippen molar-refractivity contribution < 1.29 is 9.53 Å². The molecule has 1 aromatic heterocycles. The highest BCUT2D eigenvalue weighted by atomic mass is 16.5. The molecule has 1 aromatic carbocycles. The van der Waals surface area contributed by atoms with Crippen LogP contribution in [0.15, 0.2) is 30.3 Å². The van der Waals surface area contributed by atoms with Crippen LogP contribution in [0.4, 0.5) is 0 Å². The van der Waals surface area contributed by atoms with Crippen molar-refractivity contribution in [2.24, 2.45) is 0 Å². The number of rotatable bonds is 4. The Labute approximate surface area is 130 Å². The summed E-state index contributed by atoms with van der Waals surface area (Å²) >= 11 is 0. The molecule has 3 rings (SSSR count). The maximum atomic E-state index is 11.6. The van der Waals surface area contributed by atoms with Crippen LogP contribution in [0.25, 0.3) is 11.3 Å². The van der Waals surface area contributed by atoms with Gasteiger partial charge in [0.2, 0.25) is 0 Å². The highest BCUT2D eigenvalue weighted by Gasteiger charge is 2.21. The lowest BCUT2D eigenvalue weighted by molar-refractivity contribution is -0.144. The van der Waals surface area contributed by atoms with Crippen molar-refractivity contribution in [1.82, 2.24) is 15.1 Å². The molecular formula is C17H21N3O2. The number of aromatic nitrogens is 2. The monoisotopic (exact) mass is 299 g/mol. The van der Waals surface area contributed by atoms with Crippen LogP contribution >= 0.6 is 0 Å². The molecule has 0 unspecified atom stereocenters. The van der Waals surface area contributed by atoms with Crippen LogP contribution in [-0.4, -0.2) is 47.3 Å². The number of fused-ring (bicyclic) bond motifs is 1. The first-order valence-electron chi connectivity index (χ1n) is 7.77. The van der Waals surface area contributed by atoms with Gasteiger partial charge in [0.1, 0.15) is 0 Å². The zero-order valence-electron chi connectivity index (χ0n) is 12.8. The van der Waals surface area contributed by atoms with Crippen molar-refractivity contribution in [2.45, 2.75) is 19.8 Å². The van der Waals surface area contributed by atoms with E-state index in [0.717, 1.165) is 37.2 Å². The van der Waals surface area contributed by atoms with Crippen LogP contribution < -0.4 is 0 Å². The SMILES string of the molecule is CCOC(=O)CN1CCc2[nH]nc(-c3ccccc3)c2CC1. The number of esters is 1. The normalized spacial score (nSPS) is 15.1. The van der Waals surface area contributed by atoms with Gasteiger partial charge in [-0.2, -0.15) is 5.10 Å². The lowest BCUT2D eigenvalue weighted by Gasteiger charge is -2.18. The Morgan fingerprint density at radius 1 is 1.27 bits per heavy atom. The largest absolute Gasteiger partial charge is 0.465 e. The predicted molar refractivity (Wildman–Crippen MR) is 84.5 cm³/mol. The number of aromatic amines is 1. The Bertz CT molecular complexity index is 637. The molecular weight excluding hydrogens is 278 g/mol. The van der Waals surface area contributed by atoms with Gasteiger partial charge in [-0.15, -0.1) is 0 Å². The molecule has 0 radical (unpaired) electrons. The van der Waals surface area contributed by atoms with Gasteiger partial charge in [-0.3, -0.25) is 14.8 Å². The maximum Gasteiger partial charge on any atom is 0.320 e. The van der Waals surface area contributed by atoms with Crippen molar-refractivity contribution in [1.29, 1.82) is 0 Å². The first-order valence-corrected chi connectivity index (χ1v) is 7.77. The van der Waals surface area contributed by atoms with E-state index in [-0.39, 0.29) is 5.97 Å². The zero-order valence-corrected chi connectivity index (χ0v) is 12.8. The summed E-state index contributed by atoms with van der Waals surface area (Å²) in [7, 11) is 0. The van der Waals surface area contributed by atoms with Gasteiger partial charge in [0.25, 0.3) is 0 Å². The molecule has 2 aromatic rings. The molecule has 5 nitrogen and oxygen atoms in total. The summed E-state index contributed by atoms with van der Waals surface area (Å²) in [5.74, 6) is -0.144. The van der Waals surface area contributed by atoms with Gasteiger partial charge in [0, 0.05) is 36.3 Å². The Morgan fingerprint density at radius 3 is 2.82 bits per heavy atom. The van der Waals surface area contributed by atoms with Gasteiger partial charge in [-0.1, -0.05) is 30.3 Å². The highest BCUT2D eigenvalue weighted by molar-refractivity contribution is 5.71. The minimum absolute atomic E-state index is 0.144. The van der Waals surface area contributed by atoms with E-state index in [1.54, 1.807) is 0 Å². The lowest BCUT2D eigenvalue weighted by Crippen LogP contribution is -2.33. The molecule has 0 atom stereocenters. The fraction of sp³-hybridized carbons (Fsp3) is 0.412. The van der Waals surface area contributed by atoms with Gasteiger partial charge >= 0.3 is 5.97 Å². The van der Waals surface area contributed by atoms with E-state index < -0.39 is 0 Å². The van der Waals surface area contributed by atoms with Crippen LogP contribution in [0, 0.1) is 0 Å². The van der Waals surface area contributed by atoms with Gasteiger partial charge in [-0.05, 0) is 13.3 Å². The molecule has 0 saturated carbocycles. The number of ether oxygens (including phenoxy) is 1. The van der Waals surface area contributed by atoms with Crippen molar-refractivity contribution in [3.63, 3.8) is 0 Å². The minimum atomic E-state index is -0.144. The van der Waals surface area contributed by atoms with E-state index in [9.17, 15) is 4.79 Å². The van der Waals surface area contributed by atoms with Crippen LogP contribution in [0.1, 0.15) is 18.2 Å². The van der Waals surface area contributed by atoms with Gasteiger partial charge in [0.15, 0.2) is 0 Å². The average Bonchev–Trinajstić information content (AvgIpc) is 2.84. The number of hydrogen-bond donors (Lipinski definition) is 1. The number of nitrogens with zero attached hydrogens (tertiary/aromatic N) is 2. The molecule has 0 spiro atoms. The van der Waals surface area contributed by atoms with Gasteiger partial charge < -0.3 is 4.74 Å². The molecule has 0 saturated heterocycles. The molecule has 0 amide bonds. The van der Waals surface area contributed by atoms with E-state index in [0.29, 0.717) is 13.2 Å². The Balaban J connectivity index is 1.73. The number of H-pyrrole nitrogens is 1. The van der Waals surface area contributed by atoms with Crippen molar-refractivity contribution in [2.75, 3.05) is 26.2 Å². The second-order valence-corrected chi connectivity index (χ2v) is 5.48. The van der Waals surface area contributed by atoms with E-state index in [1.807, 2.05) is 25.1 Å². The molecule has 0 fully saturated rings. The molecule has 0 bridgehead atoms. The number of carbonyl (C=O) groups excluding carboxylic acids is 1. The average molecular weight is 299 g/mol. The van der Waals surface area contributed by atoms with Crippen molar-refractivity contribution in [3.8, 4) is 11.3 Å². The van der Waals surface area contributed by atoms with Gasteiger partial charge in [-0.25, -0.2) is 0 Å². The highest BCUT2D eigenvalue weighted by Crippen LogP contribution is 2.26. The molecule has 0 aliphatic carbocycles. The Hall–Kier alpha value is -2.14. The smallest absolute Gasteiger partial charge is 0.320 e.